The number of nitrogens with zero attached hydrogens (tertiary/aromatic N) is 5. The number of carbonyl (C=O) groups excluding carboxylic acids is 1. The molecule has 3 heterocycles. The minimum Gasteiger partial charge on any atom is -0.350 e. The molecule has 2 saturated heterocycles. The van der Waals surface area contributed by atoms with Gasteiger partial charge in [0, 0.05) is 31.9 Å². The lowest BCUT2D eigenvalue weighted by molar-refractivity contribution is -0.131. The van der Waals surface area contributed by atoms with Gasteiger partial charge >= 0.3 is 0 Å². The van der Waals surface area contributed by atoms with Gasteiger partial charge in [-0.15, -0.1) is 0 Å². The summed E-state index contributed by atoms with van der Waals surface area (Å²) in [6.07, 6.45) is 6.17. The summed E-state index contributed by atoms with van der Waals surface area (Å²) in [5.74, 6) is 0.891. The number of carbonyl (C=O) groups is 1. The SMILES string of the molecule is CN(CC(=O)N1CCC[C@@H]1[C@H]1CCCN1C)c1ccc(C#N)cn1. The largest absolute Gasteiger partial charge is 0.350 e. The number of nitriles is 1. The molecule has 1 aromatic rings. The number of likely N-dealkylation sites (N-methyl/N-ethyl adjacent to an activating group) is 2. The lowest BCUT2D eigenvalue weighted by Crippen LogP contribution is -2.49. The maximum absolute atomic E-state index is 12.8. The topological polar surface area (TPSA) is 63.5 Å². The normalized spacial score (nSPS) is 24.1. The lowest BCUT2D eigenvalue weighted by Gasteiger charge is -2.34. The molecule has 3 rings (SSSR count). The van der Waals surface area contributed by atoms with Crippen molar-refractivity contribution >= 4 is 11.7 Å². The van der Waals surface area contributed by atoms with Gasteiger partial charge in [-0.2, -0.15) is 5.26 Å². The second-order valence-corrected chi connectivity index (χ2v) is 6.86. The summed E-state index contributed by atoms with van der Waals surface area (Å²) in [4.78, 5) is 23.4. The fourth-order valence-corrected chi connectivity index (χ4v) is 3.98. The molecule has 24 heavy (non-hydrogen) atoms. The minimum atomic E-state index is 0.173. The van der Waals surface area contributed by atoms with E-state index in [0.717, 1.165) is 31.7 Å². The number of pyridine rings is 1. The van der Waals surface area contributed by atoms with E-state index < -0.39 is 0 Å². The number of aromatic nitrogens is 1. The van der Waals surface area contributed by atoms with Crippen LogP contribution in [0.4, 0.5) is 5.82 Å². The Morgan fingerprint density at radius 2 is 2.08 bits per heavy atom. The Morgan fingerprint density at radius 1 is 1.33 bits per heavy atom. The molecule has 0 spiro atoms. The highest BCUT2D eigenvalue weighted by atomic mass is 16.2. The molecule has 2 atom stereocenters. The molecule has 1 aromatic heterocycles. The summed E-state index contributed by atoms with van der Waals surface area (Å²) in [5.41, 5.74) is 0.530. The van der Waals surface area contributed by atoms with Crippen LogP contribution in [0.15, 0.2) is 18.3 Å². The first-order valence-electron chi connectivity index (χ1n) is 8.67. The highest BCUT2D eigenvalue weighted by Gasteiger charge is 2.38. The summed E-state index contributed by atoms with van der Waals surface area (Å²) in [6.45, 7) is 2.33. The molecule has 0 unspecified atom stereocenters. The van der Waals surface area contributed by atoms with E-state index in [4.69, 9.17) is 5.26 Å². The van der Waals surface area contributed by atoms with Crippen LogP contribution in [0.2, 0.25) is 0 Å². The average Bonchev–Trinajstić information content (AvgIpc) is 3.23. The quantitative estimate of drug-likeness (QED) is 0.838. The zero-order chi connectivity index (χ0) is 17.1. The fourth-order valence-electron chi connectivity index (χ4n) is 3.98. The van der Waals surface area contributed by atoms with E-state index in [0.29, 0.717) is 24.2 Å². The zero-order valence-corrected chi connectivity index (χ0v) is 14.5. The molecule has 2 aliphatic heterocycles. The summed E-state index contributed by atoms with van der Waals surface area (Å²) >= 11 is 0. The molecule has 6 nitrogen and oxygen atoms in total. The maximum atomic E-state index is 12.8. The molecule has 0 N–H and O–H groups in total. The van der Waals surface area contributed by atoms with Crippen molar-refractivity contribution in [2.45, 2.75) is 37.8 Å². The van der Waals surface area contributed by atoms with Gasteiger partial charge < -0.3 is 14.7 Å². The Bertz CT molecular complexity index is 623. The molecule has 0 bridgehead atoms. The van der Waals surface area contributed by atoms with Gasteiger partial charge in [0.2, 0.25) is 5.91 Å². The van der Waals surface area contributed by atoms with E-state index in [9.17, 15) is 4.79 Å². The third-order valence-electron chi connectivity index (χ3n) is 5.28. The summed E-state index contributed by atoms with van der Waals surface area (Å²) < 4.78 is 0. The number of hydrogen-bond acceptors (Lipinski definition) is 5. The minimum absolute atomic E-state index is 0.173. The first kappa shape index (κ1) is 16.7. The van der Waals surface area contributed by atoms with Crippen LogP contribution in [-0.4, -0.2) is 66.5 Å². The van der Waals surface area contributed by atoms with Crippen molar-refractivity contribution in [3.05, 3.63) is 23.9 Å². The highest BCUT2D eigenvalue weighted by molar-refractivity contribution is 5.81. The molecular formula is C18H25N5O. The van der Waals surface area contributed by atoms with Crippen molar-refractivity contribution in [2.24, 2.45) is 0 Å². The number of anilines is 1. The van der Waals surface area contributed by atoms with Crippen LogP contribution in [0.25, 0.3) is 0 Å². The molecular weight excluding hydrogens is 302 g/mol. The van der Waals surface area contributed by atoms with Gasteiger partial charge in [0.25, 0.3) is 0 Å². The summed E-state index contributed by atoms with van der Waals surface area (Å²) in [6, 6.07) is 6.44. The number of likely N-dealkylation sites (tertiary alicyclic amines) is 2. The van der Waals surface area contributed by atoms with Crippen molar-refractivity contribution in [2.75, 3.05) is 38.6 Å². The number of rotatable bonds is 4. The van der Waals surface area contributed by atoms with Gasteiger partial charge in [0.15, 0.2) is 0 Å². The van der Waals surface area contributed by atoms with Crippen LogP contribution in [0.1, 0.15) is 31.2 Å². The first-order chi connectivity index (χ1) is 11.6. The van der Waals surface area contributed by atoms with Crippen LogP contribution in [0, 0.1) is 11.3 Å². The van der Waals surface area contributed by atoms with E-state index >= 15 is 0 Å². The van der Waals surface area contributed by atoms with Gasteiger partial charge in [-0.1, -0.05) is 0 Å². The molecule has 0 aromatic carbocycles. The monoisotopic (exact) mass is 327 g/mol. The smallest absolute Gasteiger partial charge is 0.242 e. The summed E-state index contributed by atoms with van der Waals surface area (Å²) in [7, 11) is 4.05. The van der Waals surface area contributed by atoms with Gasteiger partial charge in [0.05, 0.1) is 12.1 Å². The number of hydrogen-bond donors (Lipinski definition) is 0. The fraction of sp³-hybridized carbons (Fsp3) is 0.611. The first-order valence-corrected chi connectivity index (χ1v) is 8.67. The van der Waals surface area contributed by atoms with Crippen molar-refractivity contribution < 1.29 is 4.79 Å². The standard InChI is InChI=1S/C18H25N5O/c1-21-9-3-5-15(21)16-6-4-10-23(16)18(24)13-22(2)17-8-7-14(11-19)12-20-17/h7-8,12,15-16H,3-6,9-10,13H2,1-2H3/t15-,16-/m1/s1. The molecule has 0 saturated carbocycles. The Balaban J connectivity index is 1.63. The van der Waals surface area contributed by atoms with Gasteiger partial charge in [-0.3, -0.25) is 4.79 Å². The van der Waals surface area contributed by atoms with Gasteiger partial charge in [-0.05, 0) is 51.4 Å². The lowest BCUT2D eigenvalue weighted by atomic mass is 10.0. The van der Waals surface area contributed by atoms with Crippen LogP contribution < -0.4 is 4.90 Å². The van der Waals surface area contributed by atoms with E-state index in [1.165, 1.54) is 12.8 Å². The van der Waals surface area contributed by atoms with E-state index in [1.807, 2.05) is 11.9 Å². The average molecular weight is 327 g/mol. The Hall–Kier alpha value is -2.13. The Kier molecular flexibility index (Phi) is 5.00. The zero-order valence-electron chi connectivity index (χ0n) is 14.5. The van der Waals surface area contributed by atoms with E-state index in [1.54, 1.807) is 18.3 Å². The van der Waals surface area contributed by atoms with Crippen molar-refractivity contribution in [1.29, 1.82) is 5.26 Å². The predicted molar refractivity (Wildman–Crippen MR) is 92.6 cm³/mol. The van der Waals surface area contributed by atoms with Crippen molar-refractivity contribution in [3.8, 4) is 6.07 Å². The van der Waals surface area contributed by atoms with E-state index in [-0.39, 0.29) is 5.91 Å². The van der Waals surface area contributed by atoms with E-state index in [2.05, 4.69) is 27.9 Å². The van der Waals surface area contributed by atoms with Crippen LogP contribution in [0.3, 0.4) is 0 Å². The predicted octanol–water partition coefficient (Wildman–Crippen LogP) is 1.47. The molecule has 2 fully saturated rings. The second kappa shape index (κ2) is 7.18. The van der Waals surface area contributed by atoms with Crippen molar-refractivity contribution in [1.82, 2.24) is 14.8 Å². The molecule has 0 radical (unpaired) electrons. The van der Waals surface area contributed by atoms with Gasteiger partial charge in [-0.25, -0.2) is 4.98 Å². The molecule has 2 aliphatic rings. The van der Waals surface area contributed by atoms with Crippen molar-refractivity contribution in [3.63, 3.8) is 0 Å². The Labute approximate surface area is 143 Å². The third-order valence-corrected chi connectivity index (χ3v) is 5.28. The maximum Gasteiger partial charge on any atom is 0.242 e. The summed E-state index contributed by atoms with van der Waals surface area (Å²) in [5, 5.41) is 8.84. The second-order valence-electron chi connectivity index (χ2n) is 6.86. The van der Waals surface area contributed by atoms with Crippen LogP contribution in [-0.2, 0) is 4.79 Å². The Morgan fingerprint density at radius 3 is 2.71 bits per heavy atom. The molecule has 0 aliphatic carbocycles. The van der Waals surface area contributed by atoms with Crippen LogP contribution in [0.5, 0.6) is 0 Å². The molecule has 1 amide bonds. The number of amides is 1. The third kappa shape index (κ3) is 3.36. The highest BCUT2D eigenvalue weighted by Crippen LogP contribution is 2.29. The molecule has 6 heteroatoms. The van der Waals surface area contributed by atoms with Crippen LogP contribution >= 0.6 is 0 Å². The molecule has 128 valence electrons. The van der Waals surface area contributed by atoms with Gasteiger partial charge in [0.1, 0.15) is 11.9 Å².